The molecule has 0 saturated heterocycles. The van der Waals surface area contributed by atoms with Crippen LogP contribution in [0.4, 0.5) is 11.6 Å². The van der Waals surface area contributed by atoms with Crippen molar-refractivity contribution in [2.24, 2.45) is 0 Å². The molecule has 2 N–H and O–H groups in total. The molecule has 1 aromatic heterocycles. The molecule has 0 saturated carbocycles. The number of nitrogens with one attached hydrogen (secondary N) is 2. The predicted octanol–water partition coefficient (Wildman–Crippen LogP) is 6.73. The summed E-state index contributed by atoms with van der Waals surface area (Å²) in [7, 11) is 0. The molecular formula is C32H41BrN6O4S. The van der Waals surface area contributed by atoms with E-state index >= 15 is 0 Å². The zero-order valence-electron chi connectivity index (χ0n) is 26.4. The molecule has 1 aliphatic rings. The second-order valence-electron chi connectivity index (χ2n) is 10.4. The number of thioether (sulfide) groups is 1. The van der Waals surface area contributed by atoms with E-state index in [1.165, 1.54) is 0 Å². The Labute approximate surface area is 272 Å². The first kappa shape index (κ1) is 33.4. The number of carbonyl (C=O) groups excluding carboxylic acids is 2. The van der Waals surface area contributed by atoms with Gasteiger partial charge in [-0.1, -0.05) is 30.8 Å². The molecule has 0 bridgehead atoms. The highest BCUT2D eigenvalue weighted by molar-refractivity contribution is 9.10. The fourth-order valence-electron chi connectivity index (χ4n) is 5.01. The first-order valence-electron chi connectivity index (χ1n) is 14.9. The van der Waals surface area contributed by atoms with E-state index in [4.69, 9.17) is 19.6 Å². The summed E-state index contributed by atoms with van der Waals surface area (Å²) in [4.78, 5) is 33.2. The van der Waals surface area contributed by atoms with Crippen LogP contribution in [-0.2, 0) is 9.59 Å². The first-order valence-corrected chi connectivity index (χ1v) is 16.7. The van der Waals surface area contributed by atoms with E-state index in [1.807, 2.05) is 71.9 Å². The van der Waals surface area contributed by atoms with E-state index in [0.717, 1.165) is 34.6 Å². The number of hydrogen-bond donors (Lipinski definition) is 2. The zero-order chi connectivity index (χ0) is 32.0. The maximum atomic E-state index is 14.1. The highest BCUT2D eigenvalue weighted by atomic mass is 79.9. The summed E-state index contributed by atoms with van der Waals surface area (Å²) in [5, 5.41) is 11.9. The normalized spacial score (nSPS) is 14.1. The maximum absolute atomic E-state index is 14.1. The van der Waals surface area contributed by atoms with Gasteiger partial charge in [0.05, 0.1) is 16.7 Å². The molecule has 44 heavy (non-hydrogen) atoms. The zero-order valence-corrected chi connectivity index (χ0v) is 28.8. The van der Waals surface area contributed by atoms with Crippen LogP contribution in [0.3, 0.4) is 0 Å². The van der Waals surface area contributed by atoms with Gasteiger partial charge in [0.15, 0.2) is 18.1 Å². The summed E-state index contributed by atoms with van der Waals surface area (Å²) < 4.78 is 14.4. The van der Waals surface area contributed by atoms with Crippen molar-refractivity contribution in [1.82, 2.24) is 19.7 Å². The molecule has 4 rings (SSSR count). The van der Waals surface area contributed by atoms with Gasteiger partial charge in [0.25, 0.3) is 11.8 Å². The van der Waals surface area contributed by atoms with Crippen LogP contribution in [0.15, 0.2) is 51.2 Å². The average Bonchev–Trinajstić information content (AvgIpc) is 3.40. The number of aryl methyl sites for hydroxylation is 1. The van der Waals surface area contributed by atoms with E-state index in [0.29, 0.717) is 58.0 Å². The predicted molar refractivity (Wildman–Crippen MR) is 179 cm³/mol. The van der Waals surface area contributed by atoms with Crippen LogP contribution in [0.25, 0.3) is 0 Å². The molecule has 0 fully saturated rings. The Hall–Kier alpha value is -3.51. The monoisotopic (exact) mass is 684 g/mol. The van der Waals surface area contributed by atoms with Gasteiger partial charge in [-0.25, -0.2) is 4.68 Å². The Morgan fingerprint density at radius 3 is 2.55 bits per heavy atom. The summed E-state index contributed by atoms with van der Waals surface area (Å²) in [6.45, 7) is 15.2. The van der Waals surface area contributed by atoms with Crippen LogP contribution in [0.2, 0.25) is 0 Å². The minimum Gasteiger partial charge on any atom is -0.490 e. The number of hydrogen-bond acceptors (Lipinski definition) is 8. The molecule has 3 aromatic rings. The first-order chi connectivity index (χ1) is 21.1. The molecule has 0 radical (unpaired) electrons. The van der Waals surface area contributed by atoms with Gasteiger partial charge in [0.2, 0.25) is 11.1 Å². The van der Waals surface area contributed by atoms with Crippen molar-refractivity contribution in [3.63, 3.8) is 0 Å². The molecular weight excluding hydrogens is 644 g/mol. The number of allylic oxidation sites excluding steroid dienone is 1. The van der Waals surface area contributed by atoms with Crippen LogP contribution in [-0.4, -0.2) is 63.5 Å². The van der Waals surface area contributed by atoms with Crippen molar-refractivity contribution in [1.29, 1.82) is 0 Å². The van der Waals surface area contributed by atoms with Crippen LogP contribution in [0.5, 0.6) is 11.5 Å². The molecule has 236 valence electrons. The lowest BCUT2D eigenvalue weighted by atomic mass is 9.94. The fraction of sp³-hybridized carbons (Fsp3) is 0.438. The van der Waals surface area contributed by atoms with E-state index in [9.17, 15) is 9.59 Å². The molecule has 12 heteroatoms. The summed E-state index contributed by atoms with van der Waals surface area (Å²) in [5.41, 5.74) is 4.74. The lowest BCUT2D eigenvalue weighted by Gasteiger charge is -2.29. The SMILES string of the molecule is CCCSc1nc2n(n1)C(c1cc(Br)c(OCC(=O)N(CC)CC)c(OCC)c1)C(C(=O)Nc1cccc(C)c1C)=C(C)N2. The molecule has 0 spiro atoms. The molecule has 1 atom stereocenters. The minimum absolute atomic E-state index is 0.111. The molecule has 1 aliphatic heterocycles. The quantitative estimate of drug-likeness (QED) is 0.191. The van der Waals surface area contributed by atoms with Gasteiger partial charge in [-0.2, -0.15) is 4.98 Å². The lowest BCUT2D eigenvalue weighted by molar-refractivity contribution is -0.133. The number of ether oxygens (including phenoxy) is 2. The Morgan fingerprint density at radius 2 is 1.86 bits per heavy atom. The second-order valence-corrected chi connectivity index (χ2v) is 12.3. The molecule has 10 nitrogen and oxygen atoms in total. The minimum atomic E-state index is -0.623. The van der Waals surface area contributed by atoms with Crippen molar-refractivity contribution in [2.75, 3.05) is 42.7 Å². The molecule has 2 heterocycles. The topological polar surface area (TPSA) is 111 Å². The number of anilines is 2. The van der Waals surface area contributed by atoms with Crippen LogP contribution in [0.1, 0.15) is 63.8 Å². The highest BCUT2D eigenvalue weighted by Gasteiger charge is 2.36. The van der Waals surface area contributed by atoms with E-state index in [1.54, 1.807) is 21.3 Å². The smallest absolute Gasteiger partial charge is 0.260 e. The summed E-state index contributed by atoms with van der Waals surface area (Å²) in [6, 6.07) is 8.96. The Kier molecular flexibility index (Phi) is 11.4. The van der Waals surface area contributed by atoms with Crippen LogP contribution in [0, 0.1) is 13.8 Å². The van der Waals surface area contributed by atoms with Crippen molar-refractivity contribution in [2.45, 2.75) is 66.1 Å². The average molecular weight is 686 g/mol. The molecule has 2 amide bonds. The van der Waals surface area contributed by atoms with Crippen molar-refractivity contribution in [3.05, 3.63) is 62.8 Å². The second kappa shape index (κ2) is 15.0. The number of aromatic nitrogens is 3. The Bertz CT molecular complexity index is 1550. The fourth-order valence-corrected chi connectivity index (χ4v) is 6.27. The van der Waals surface area contributed by atoms with Crippen molar-refractivity contribution in [3.8, 4) is 11.5 Å². The van der Waals surface area contributed by atoms with Gasteiger partial charge < -0.3 is 25.0 Å². The summed E-state index contributed by atoms with van der Waals surface area (Å²) >= 11 is 5.24. The molecule has 2 aromatic carbocycles. The van der Waals surface area contributed by atoms with Gasteiger partial charge in [0.1, 0.15) is 6.04 Å². The third-order valence-corrected chi connectivity index (χ3v) is 9.10. The van der Waals surface area contributed by atoms with E-state index in [-0.39, 0.29) is 18.4 Å². The molecule has 1 unspecified atom stereocenters. The summed E-state index contributed by atoms with van der Waals surface area (Å²) in [5.74, 6) is 1.94. The third-order valence-electron chi connectivity index (χ3n) is 7.47. The number of amides is 2. The highest BCUT2D eigenvalue weighted by Crippen LogP contribution is 2.43. The number of rotatable bonds is 13. The van der Waals surface area contributed by atoms with E-state index in [2.05, 4.69) is 33.5 Å². The number of benzene rings is 2. The Balaban J connectivity index is 1.79. The van der Waals surface area contributed by atoms with Crippen molar-refractivity contribution >= 4 is 51.1 Å². The number of halogens is 1. The summed E-state index contributed by atoms with van der Waals surface area (Å²) in [6.07, 6.45) is 0.981. The Morgan fingerprint density at radius 1 is 1.11 bits per heavy atom. The van der Waals surface area contributed by atoms with Gasteiger partial charge in [-0.15, -0.1) is 5.10 Å². The van der Waals surface area contributed by atoms with Gasteiger partial charge in [-0.05, 0) is 98.8 Å². The number of carbonyl (C=O) groups is 2. The van der Waals surface area contributed by atoms with Gasteiger partial charge >= 0.3 is 0 Å². The maximum Gasteiger partial charge on any atom is 0.260 e. The molecule has 0 aliphatic carbocycles. The van der Waals surface area contributed by atoms with Crippen LogP contribution < -0.4 is 20.1 Å². The van der Waals surface area contributed by atoms with E-state index < -0.39 is 6.04 Å². The van der Waals surface area contributed by atoms with Gasteiger partial charge in [-0.3, -0.25) is 9.59 Å². The standard InChI is InChI=1S/C32H41BrN6O4S/c1-8-15-44-32-36-31-34-21(7)27(30(41)35-24-14-12-13-19(5)20(24)6)28(39(31)37-32)22-16-23(33)29(25(17-22)42-11-4)43-18-26(40)38(9-2)10-3/h12-14,16-17,28H,8-11,15,18H2,1-7H3,(H,35,41)(H,34,36,37). The van der Waals surface area contributed by atoms with Crippen molar-refractivity contribution < 1.29 is 19.1 Å². The largest absolute Gasteiger partial charge is 0.490 e. The lowest BCUT2D eigenvalue weighted by Crippen LogP contribution is -2.34. The van der Waals surface area contributed by atoms with Gasteiger partial charge in [0, 0.05) is 30.2 Å². The third kappa shape index (κ3) is 7.23. The number of likely N-dealkylation sites (N-methyl/N-ethyl adjacent to an activating group) is 1. The number of nitrogens with zero attached hydrogens (tertiary/aromatic N) is 4. The van der Waals surface area contributed by atoms with Crippen LogP contribution >= 0.6 is 27.7 Å². The number of fused-ring (bicyclic) bond motifs is 1.